The lowest BCUT2D eigenvalue weighted by molar-refractivity contribution is 0.533. The molecule has 0 fully saturated rings. The predicted octanol–water partition coefficient (Wildman–Crippen LogP) is 4.82. The molecular formula is C12H16BrCl. The van der Waals surface area contributed by atoms with Gasteiger partial charge in [-0.15, -0.1) is 11.6 Å². The van der Waals surface area contributed by atoms with E-state index in [1.807, 2.05) is 6.07 Å². The van der Waals surface area contributed by atoms with Gasteiger partial charge in [-0.25, -0.2) is 0 Å². The van der Waals surface area contributed by atoms with Crippen LogP contribution in [-0.4, -0.2) is 5.38 Å². The van der Waals surface area contributed by atoms with Crippen molar-refractivity contribution in [1.82, 2.24) is 0 Å². The van der Waals surface area contributed by atoms with Crippen molar-refractivity contribution in [2.45, 2.75) is 32.1 Å². The third-order valence-electron chi connectivity index (χ3n) is 2.49. The maximum absolute atomic E-state index is 6.34. The van der Waals surface area contributed by atoms with Gasteiger partial charge in [-0.2, -0.15) is 0 Å². The van der Waals surface area contributed by atoms with Crippen LogP contribution in [0.1, 0.15) is 32.3 Å². The first-order valence-corrected chi connectivity index (χ1v) is 6.15. The maximum atomic E-state index is 6.34. The molecule has 1 aromatic rings. The van der Waals surface area contributed by atoms with Crippen molar-refractivity contribution in [3.63, 3.8) is 0 Å². The number of rotatable bonds is 3. The van der Waals surface area contributed by atoms with Crippen molar-refractivity contribution in [2.75, 3.05) is 0 Å². The SMILES string of the molecule is CC(C)C(Cl)C(C)c1cccc(Br)c1. The third kappa shape index (κ3) is 2.99. The minimum Gasteiger partial charge on any atom is -0.122 e. The van der Waals surface area contributed by atoms with E-state index in [0.29, 0.717) is 11.8 Å². The van der Waals surface area contributed by atoms with Gasteiger partial charge >= 0.3 is 0 Å². The Labute approximate surface area is 99.8 Å². The molecule has 0 radical (unpaired) electrons. The van der Waals surface area contributed by atoms with E-state index >= 15 is 0 Å². The number of halogens is 2. The fraction of sp³-hybridized carbons (Fsp3) is 0.500. The van der Waals surface area contributed by atoms with Gasteiger partial charge in [0.2, 0.25) is 0 Å². The number of alkyl halides is 1. The fourth-order valence-electron chi connectivity index (χ4n) is 1.55. The zero-order chi connectivity index (χ0) is 10.7. The second-order valence-corrected chi connectivity index (χ2v) is 5.45. The van der Waals surface area contributed by atoms with E-state index in [1.54, 1.807) is 0 Å². The predicted molar refractivity (Wildman–Crippen MR) is 67.0 cm³/mol. The summed E-state index contributed by atoms with van der Waals surface area (Å²) in [6, 6.07) is 8.37. The largest absolute Gasteiger partial charge is 0.122 e. The van der Waals surface area contributed by atoms with Crippen molar-refractivity contribution in [3.8, 4) is 0 Å². The minimum atomic E-state index is 0.198. The Hall–Kier alpha value is -0.0100. The van der Waals surface area contributed by atoms with Gasteiger partial charge < -0.3 is 0 Å². The van der Waals surface area contributed by atoms with Gasteiger partial charge in [0.1, 0.15) is 0 Å². The lowest BCUT2D eigenvalue weighted by atomic mass is 9.91. The average molecular weight is 276 g/mol. The normalized spacial score (nSPS) is 15.6. The molecule has 0 aliphatic rings. The summed E-state index contributed by atoms with van der Waals surface area (Å²) < 4.78 is 1.12. The standard InChI is InChI=1S/C12H16BrCl/c1-8(2)12(14)9(3)10-5-4-6-11(13)7-10/h4-9,12H,1-3H3. The van der Waals surface area contributed by atoms with E-state index in [0.717, 1.165) is 4.47 Å². The van der Waals surface area contributed by atoms with Gasteiger partial charge in [0, 0.05) is 9.85 Å². The van der Waals surface area contributed by atoms with Crippen LogP contribution in [0.25, 0.3) is 0 Å². The van der Waals surface area contributed by atoms with Crippen molar-refractivity contribution in [2.24, 2.45) is 5.92 Å². The molecule has 0 saturated carbocycles. The van der Waals surface area contributed by atoms with E-state index in [9.17, 15) is 0 Å². The van der Waals surface area contributed by atoms with Gasteiger partial charge in [-0.1, -0.05) is 48.8 Å². The summed E-state index contributed by atoms with van der Waals surface area (Å²) in [5.41, 5.74) is 1.30. The van der Waals surface area contributed by atoms with E-state index in [4.69, 9.17) is 11.6 Å². The van der Waals surface area contributed by atoms with Crippen molar-refractivity contribution in [3.05, 3.63) is 34.3 Å². The molecule has 1 aromatic carbocycles. The Kier molecular flexibility index (Phi) is 4.46. The van der Waals surface area contributed by atoms with E-state index in [2.05, 4.69) is 54.9 Å². The zero-order valence-corrected chi connectivity index (χ0v) is 11.1. The lowest BCUT2D eigenvalue weighted by Gasteiger charge is -2.21. The van der Waals surface area contributed by atoms with E-state index < -0.39 is 0 Å². The molecule has 14 heavy (non-hydrogen) atoms. The number of hydrogen-bond donors (Lipinski definition) is 0. The molecule has 0 N–H and O–H groups in total. The van der Waals surface area contributed by atoms with Crippen LogP contribution in [0.15, 0.2) is 28.7 Å². The molecule has 0 bridgehead atoms. The summed E-state index contributed by atoms with van der Waals surface area (Å²) in [5, 5.41) is 0.198. The molecular weight excluding hydrogens is 259 g/mol. The Bertz CT molecular complexity index is 296. The van der Waals surface area contributed by atoms with Gasteiger partial charge in [0.25, 0.3) is 0 Å². The smallest absolute Gasteiger partial charge is 0.0424 e. The van der Waals surface area contributed by atoms with Gasteiger partial charge in [-0.05, 0) is 29.5 Å². The molecule has 0 heterocycles. The number of benzene rings is 1. The first-order valence-electron chi connectivity index (χ1n) is 4.92. The van der Waals surface area contributed by atoms with Crippen LogP contribution in [0.5, 0.6) is 0 Å². The third-order valence-corrected chi connectivity index (χ3v) is 3.86. The quantitative estimate of drug-likeness (QED) is 0.694. The molecule has 2 heteroatoms. The van der Waals surface area contributed by atoms with Crippen LogP contribution in [-0.2, 0) is 0 Å². The van der Waals surface area contributed by atoms with Crippen molar-refractivity contribution in [1.29, 1.82) is 0 Å². The second-order valence-electron chi connectivity index (χ2n) is 4.03. The first-order chi connectivity index (χ1) is 6.52. The molecule has 0 spiro atoms. The number of hydrogen-bond acceptors (Lipinski definition) is 0. The highest BCUT2D eigenvalue weighted by atomic mass is 79.9. The fourth-order valence-corrected chi connectivity index (χ4v) is 2.11. The highest BCUT2D eigenvalue weighted by Crippen LogP contribution is 2.29. The van der Waals surface area contributed by atoms with E-state index in [-0.39, 0.29) is 5.38 Å². The molecule has 0 amide bonds. The highest BCUT2D eigenvalue weighted by Gasteiger charge is 2.19. The molecule has 78 valence electrons. The molecule has 0 saturated heterocycles. The molecule has 0 aliphatic carbocycles. The topological polar surface area (TPSA) is 0 Å². The van der Waals surface area contributed by atoms with Crippen molar-refractivity contribution >= 4 is 27.5 Å². The molecule has 2 atom stereocenters. The maximum Gasteiger partial charge on any atom is 0.0424 e. The monoisotopic (exact) mass is 274 g/mol. The average Bonchev–Trinajstić information content (AvgIpc) is 2.15. The first kappa shape index (κ1) is 12.1. The van der Waals surface area contributed by atoms with Gasteiger partial charge in [0.05, 0.1) is 0 Å². The van der Waals surface area contributed by atoms with Gasteiger partial charge in [0.15, 0.2) is 0 Å². The Morgan fingerprint density at radius 3 is 2.36 bits per heavy atom. The molecule has 1 rings (SSSR count). The van der Waals surface area contributed by atoms with Crippen LogP contribution in [0.2, 0.25) is 0 Å². The summed E-state index contributed by atoms with van der Waals surface area (Å²) in [7, 11) is 0. The van der Waals surface area contributed by atoms with Crippen molar-refractivity contribution < 1.29 is 0 Å². The van der Waals surface area contributed by atoms with Crippen LogP contribution in [0, 0.1) is 5.92 Å². The Morgan fingerprint density at radius 1 is 1.21 bits per heavy atom. The minimum absolute atomic E-state index is 0.198. The van der Waals surface area contributed by atoms with Gasteiger partial charge in [-0.3, -0.25) is 0 Å². The molecule has 2 unspecified atom stereocenters. The zero-order valence-electron chi connectivity index (χ0n) is 8.80. The Morgan fingerprint density at radius 2 is 1.86 bits per heavy atom. The van der Waals surface area contributed by atoms with E-state index in [1.165, 1.54) is 5.56 Å². The molecule has 0 nitrogen and oxygen atoms in total. The summed E-state index contributed by atoms with van der Waals surface area (Å²) in [6.45, 7) is 6.50. The summed E-state index contributed by atoms with van der Waals surface area (Å²) in [6.07, 6.45) is 0. The summed E-state index contributed by atoms with van der Waals surface area (Å²) in [5.74, 6) is 0.903. The lowest BCUT2D eigenvalue weighted by Crippen LogP contribution is -2.16. The Balaban J connectivity index is 2.83. The summed E-state index contributed by atoms with van der Waals surface area (Å²) in [4.78, 5) is 0. The van der Waals surface area contributed by atoms with Crippen LogP contribution in [0.3, 0.4) is 0 Å². The molecule has 0 aromatic heterocycles. The highest BCUT2D eigenvalue weighted by molar-refractivity contribution is 9.10. The van der Waals surface area contributed by atoms with Crippen LogP contribution < -0.4 is 0 Å². The van der Waals surface area contributed by atoms with Crippen LogP contribution in [0.4, 0.5) is 0 Å². The second kappa shape index (κ2) is 5.18. The van der Waals surface area contributed by atoms with Crippen LogP contribution >= 0.6 is 27.5 Å². The summed E-state index contributed by atoms with van der Waals surface area (Å²) >= 11 is 9.81. The molecule has 0 aliphatic heterocycles.